The number of hydrogen-bond acceptors (Lipinski definition) is 1. The van der Waals surface area contributed by atoms with Gasteiger partial charge in [-0.2, -0.15) is 0 Å². The molecule has 0 saturated heterocycles. The number of benzene rings is 1. The maximum absolute atomic E-state index is 5.45. The van der Waals surface area contributed by atoms with Crippen molar-refractivity contribution in [1.29, 1.82) is 0 Å². The van der Waals surface area contributed by atoms with E-state index >= 15 is 0 Å². The van der Waals surface area contributed by atoms with Crippen molar-refractivity contribution in [2.45, 2.75) is 19.8 Å². The fourth-order valence-electron chi connectivity index (χ4n) is 1.26. The molecule has 1 aromatic rings. The van der Waals surface area contributed by atoms with E-state index < -0.39 is 0 Å². The lowest BCUT2D eigenvalue weighted by atomic mass is 10.1. The molecule has 1 aromatic carbocycles. The molecule has 78 valence electrons. The van der Waals surface area contributed by atoms with Gasteiger partial charge in [0.05, 0.1) is 6.61 Å². The number of halogens is 2. The first kappa shape index (κ1) is 12.1. The molecule has 3 heteroatoms. The highest BCUT2D eigenvalue weighted by molar-refractivity contribution is 9.10. The summed E-state index contributed by atoms with van der Waals surface area (Å²) in [6, 6.07) is 6.15. The van der Waals surface area contributed by atoms with E-state index in [-0.39, 0.29) is 0 Å². The Morgan fingerprint density at radius 3 is 2.79 bits per heavy atom. The molecule has 0 saturated carbocycles. The van der Waals surface area contributed by atoms with Gasteiger partial charge in [-0.1, -0.05) is 31.9 Å². The first-order chi connectivity index (χ1) is 6.77. The van der Waals surface area contributed by atoms with Crippen molar-refractivity contribution in [3.05, 3.63) is 28.2 Å². The molecule has 0 amide bonds. The minimum atomic E-state index is 0.722. The minimum Gasteiger partial charge on any atom is -0.494 e. The fraction of sp³-hybridized carbons (Fsp3) is 0.455. The molecule has 0 N–H and O–H groups in total. The molecule has 0 radical (unpaired) electrons. The Balaban J connectivity index is 2.74. The Labute approximate surface area is 102 Å². The molecule has 0 aliphatic carbocycles. The quantitative estimate of drug-likeness (QED) is 0.739. The van der Waals surface area contributed by atoms with Crippen LogP contribution >= 0.6 is 31.9 Å². The summed E-state index contributed by atoms with van der Waals surface area (Å²) in [6.45, 7) is 2.72. The molecule has 0 aliphatic rings. The van der Waals surface area contributed by atoms with Crippen LogP contribution < -0.4 is 4.74 Å². The number of ether oxygens (including phenoxy) is 1. The summed E-state index contributed by atoms with van der Waals surface area (Å²) >= 11 is 6.97. The van der Waals surface area contributed by atoms with Crippen LogP contribution in [0.4, 0.5) is 0 Å². The lowest BCUT2D eigenvalue weighted by molar-refractivity contribution is 0.340. The lowest BCUT2D eigenvalue weighted by Gasteiger charge is -2.07. The molecular weight excluding hydrogens is 308 g/mol. The predicted octanol–water partition coefficient (Wildman–Crippen LogP) is 4.18. The van der Waals surface area contributed by atoms with E-state index in [1.807, 2.05) is 13.0 Å². The smallest absolute Gasteiger partial charge is 0.119 e. The second-order valence-corrected chi connectivity index (χ2v) is 4.63. The van der Waals surface area contributed by atoms with E-state index in [9.17, 15) is 0 Å². The summed E-state index contributed by atoms with van der Waals surface area (Å²) in [5, 5.41) is 1.04. The summed E-state index contributed by atoms with van der Waals surface area (Å²) in [4.78, 5) is 0. The summed E-state index contributed by atoms with van der Waals surface area (Å²) < 4.78 is 6.62. The standard InChI is InChI=1S/C11H14Br2O/c1-2-14-10-5-6-11(13)9(8-10)4-3-7-12/h5-6,8H,2-4,7H2,1H3. The van der Waals surface area contributed by atoms with E-state index in [1.165, 1.54) is 10.0 Å². The minimum absolute atomic E-state index is 0.722. The van der Waals surface area contributed by atoms with E-state index in [0.717, 1.165) is 30.5 Å². The molecule has 0 aromatic heterocycles. The van der Waals surface area contributed by atoms with Crippen LogP contribution in [-0.2, 0) is 6.42 Å². The van der Waals surface area contributed by atoms with Crippen molar-refractivity contribution in [3.63, 3.8) is 0 Å². The highest BCUT2D eigenvalue weighted by atomic mass is 79.9. The summed E-state index contributed by atoms with van der Waals surface area (Å²) in [6.07, 6.45) is 2.22. The first-order valence-electron chi connectivity index (χ1n) is 4.75. The second-order valence-electron chi connectivity index (χ2n) is 2.98. The van der Waals surface area contributed by atoms with Crippen molar-refractivity contribution in [1.82, 2.24) is 0 Å². The Kier molecular flexibility index (Phi) is 5.56. The third kappa shape index (κ3) is 3.62. The molecule has 0 fully saturated rings. The van der Waals surface area contributed by atoms with Crippen molar-refractivity contribution >= 4 is 31.9 Å². The van der Waals surface area contributed by atoms with E-state index in [0.29, 0.717) is 0 Å². The molecule has 1 nitrogen and oxygen atoms in total. The molecule has 0 atom stereocenters. The highest BCUT2D eigenvalue weighted by Crippen LogP contribution is 2.23. The van der Waals surface area contributed by atoms with Gasteiger partial charge in [-0.15, -0.1) is 0 Å². The van der Waals surface area contributed by atoms with Crippen molar-refractivity contribution in [2.75, 3.05) is 11.9 Å². The molecule has 0 unspecified atom stereocenters. The van der Waals surface area contributed by atoms with Crippen LogP contribution in [0.3, 0.4) is 0 Å². The molecule has 0 heterocycles. The van der Waals surface area contributed by atoms with Gasteiger partial charge < -0.3 is 4.74 Å². The zero-order valence-electron chi connectivity index (χ0n) is 8.22. The molecule has 0 aliphatic heterocycles. The molecule has 14 heavy (non-hydrogen) atoms. The van der Waals surface area contributed by atoms with E-state index in [2.05, 4.69) is 44.0 Å². The maximum atomic E-state index is 5.45. The summed E-state index contributed by atoms with van der Waals surface area (Å²) in [7, 11) is 0. The lowest BCUT2D eigenvalue weighted by Crippen LogP contribution is -1.94. The van der Waals surface area contributed by atoms with Gasteiger partial charge in [-0.3, -0.25) is 0 Å². The maximum Gasteiger partial charge on any atom is 0.119 e. The van der Waals surface area contributed by atoms with Gasteiger partial charge in [-0.05, 0) is 43.5 Å². The Morgan fingerprint density at radius 1 is 1.36 bits per heavy atom. The number of rotatable bonds is 5. The van der Waals surface area contributed by atoms with Gasteiger partial charge in [-0.25, -0.2) is 0 Å². The molecular formula is C11H14Br2O. The average Bonchev–Trinajstić information content (AvgIpc) is 2.19. The molecule has 0 bridgehead atoms. The second kappa shape index (κ2) is 6.46. The third-order valence-corrected chi connectivity index (χ3v) is 3.24. The molecule has 0 spiro atoms. The van der Waals surface area contributed by atoms with Crippen LogP contribution in [-0.4, -0.2) is 11.9 Å². The largest absolute Gasteiger partial charge is 0.494 e. The number of aryl methyl sites for hydroxylation is 1. The summed E-state index contributed by atoms with van der Waals surface area (Å²) in [5.41, 5.74) is 1.32. The zero-order chi connectivity index (χ0) is 10.4. The number of alkyl halides is 1. The molecule has 1 rings (SSSR count). The van der Waals surface area contributed by atoms with E-state index in [1.54, 1.807) is 0 Å². The van der Waals surface area contributed by atoms with Crippen molar-refractivity contribution in [3.8, 4) is 5.75 Å². The van der Waals surface area contributed by atoms with Crippen LogP contribution in [0, 0.1) is 0 Å². The normalized spacial score (nSPS) is 10.2. The van der Waals surface area contributed by atoms with E-state index in [4.69, 9.17) is 4.74 Å². The topological polar surface area (TPSA) is 9.23 Å². The van der Waals surface area contributed by atoms with Crippen molar-refractivity contribution < 1.29 is 4.74 Å². The van der Waals surface area contributed by atoms with Gasteiger partial charge in [0.2, 0.25) is 0 Å². The Bertz CT molecular complexity index is 287. The SMILES string of the molecule is CCOc1ccc(Br)c(CCCBr)c1. The Morgan fingerprint density at radius 2 is 2.14 bits per heavy atom. The van der Waals surface area contributed by atoms with Gasteiger partial charge in [0.15, 0.2) is 0 Å². The Hall–Kier alpha value is -0.0200. The van der Waals surface area contributed by atoms with Crippen LogP contribution in [0.2, 0.25) is 0 Å². The van der Waals surface area contributed by atoms with Gasteiger partial charge >= 0.3 is 0 Å². The summed E-state index contributed by atoms with van der Waals surface area (Å²) in [5.74, 6) is 0.959. The first-order valence-corrected chi connectivity index (χ1v) is 6.66. The van der Waals surface area contributed by atoms with Gasteiger partial charge in [0.1, 0.15) is 5.75 Å². The van der Waals surface area contributed by atoms with Crippen molar-refractivity contribution in [2.24, 2.45) is 0 Å². The van der Waals surface area contributed by atoms with Crippen LogP contribution in [0.1, 0.15) is 18.9 Å². The zero-order valence-corrected chi connectivity index (χ0v) is 11.4. The predicted molar refractivity (Wildman–Crippen MR) is 67.4 cm³/mol. The fourth-order valence-corrected chi connectivity index (χ4v) is 1.98. The van der Waals surface area contributed by atoms with Crippen LogP contribution in [0.25, 0.3) is 0 Å². The van der Waals surface area contributed by atoms with Crippen LogP contribution in [0.15, 0.2) is 22.7 Å². The number of hydrogen-bond donors (Lipinski definition) is 0. The van der Waals surface area contributed by atoms with Crippen LogP contribution in [0.5, 0.6) is 5.75 Å². The monoisotopic (exact) mass is 320 g/mol. The average molecular weight is 322 g/mol. The highest BCUT2D eigenvalue weighted by Gasteiger charge is 2.01. The van der Waals surface area contributed by atoms with Gasteiger partial charge in [0.25, 0.3) is 0 Å². The van der Waals surface area contributed by atoms with Gasteiger partial charge in [0, 0.05) is 9.80 Å². The third-order valence-electron chi connectivity index (χ3n) is 1.91.